The number of benzene rings is 2. The normalized spacial score (nSPS) is 24.0. The number of carbonyl (C=O) groups excluding carboxylic acids is 1. The van der Waals surface area contributed by atoms with Crippen LogP contribution in [0.25, 0.3) is 11.3 Å². The molecule has 2 atom stereocenters. The van der Waals surface area contributed by atoms with Crippen LogP contribution in [0.5, 0.6) is 5.75 Å². The van der Waals surface area contributed by atoms with E-state index in [0.717, 1.165) is 55.6 Å². The second-order valence-electron chi connectivity index (χ2n) is 11.8. The predicted octanol–water partition coefficient (Wildman–Crippen LogP) is 3.68. The van der Waals surface area contributed by atoms with Gasteiger partial charge in [-0.2, -0.15) is 0 Å². The largest absolute Gasteiger partial charge is 0.497 e. The molecule has 0 bridgehead atoms. The van der Waals surface area contributed by atoms with Crippen molar-refractivity contribution < 1.29 is 14.6 Å². The Bertz CT molecular complexity index is 1420. The van der Waals surface area contributed by atoms with Crippen LogP contribution in [-0.2, 0) is 6.54 Å². The Morgan fingerprint density at radius 1 is 1.07 bits per heavy atom. The molecule has 3 heterocycles. The van der Waals surface area contributed by atoms with Crippen molar-refractivity contribution in [2.24, 2.45) is 5.41 Å². The molecule has 1 saturated carbocycles. The minimum absolute atomic E-state index is 0.0216. The molecule has 2 saturated heterocycles. The number of ether oxygens (including phenoxy) is 1. The van der Waals surface area contributed by atoms with Crippen molar-refractivity contribution in [1.29, 1.82) is 0 Å². The molecule has 1 spiro atoms. The molecule has 2 aliphatic heterocycles. The number of nitrogens with zero attached hydrogens (tertiary/aromatic N) is 4. The summed E-state index contributed by atoms with van der Waals surface area (Å²) in [6.07, 6.45) is 5.66. The van der Waals surface area contributed by atoms with Gasteiger partial charge in [-0.3, -0.25) is 9.36 Å². The number of carbonyl (C=O) groups is 1. The first kappa shape index (κ1) is 27.5. The summed E-state index contributed by atoms with van der Waals surface area (Å²) in [6.45, 7) is 3.26. The zero-order valence-corrected chi connectivity index (χ0v) is 23.7. The van der Waals surface area contributed by atoms with Crippen LogP contribution >= 0.6 is 0 Å². The minimum atomic E-state index is -1.10. The number of aliphatic hydroxyl groups is 1. The van der Waals surface area contributed by atoms with Crippen molar-refractivity contribution in [2.45, 2.75) is 50.3 Å². The van der Waals surface area contributed by atoms with E-state index in [0.29, 0.717) is 31.7 Å². The van der Waals surface area contributed by atoms with Gasteiger partial charge in [0.15, 0.2) is 0 Å². The summed E-state index contributed by atoms with van der Waals surface area (Å²) in [5.74, 6) is 0.739. The summed E-state index contributed by atoms with van der Waals surface area (Å²) in [5, 5.41) is 15.7. The van der Waals surface area contributed by atoms with Crippen LogP contribution in [0.2, 0.25) is 0 Å². The minimum Gasteiger partial charge on any atom is -0.497 e. The van der Waals surface area contributed by atoms with Crippen molar-refractivity contribution in [3.05, 3.63) is 82.9 Å². The van der Waals surface area contributed by atoms with Crippen LogP contribution in [0, 0.1) is 5.41 Å². The molecule has 3 aliphatic rings. The van der Waals surface area contributed by atoms with Gasteiger partial charge in [0.2, 0.25) is 0 Å². The van der Waals surface area contributed by atoms with Crippen LogP contribution in [0.15, 0.2) is 71.8 Å². The molecule has 2 amide bonds. The molecule has 6 rings (SSSR count). The molecule has 2 N–H and O–H groups in total. The Morgan fingerprint density at radius 2 is 1.83 bits per heavy atom. The smallest absolute Gasteiger partial charge is 0.320 e. The number of rotatable bonds is 5. The van der Waals surface area contributed by atoms with Crippen molar-refractivity contribution >= 4 is 6.03 Å². The van der Waals surface area contributed by atoms with Gasteiger partial charge in [-0.1, -0.05) is 43.2 Å². The highest BCUT2D eigenvalue weighted by atomic mass is 16.5. The third-order valence-corrected chi connectivity index (χ3v) is 9.48. The SMILES string of the molecule is COc1ccc(-c2cc(=O)n(C[C@]3(O)CCN(C(=O)N4CCNC[C@H]4c4ccccc4)CC34CCCC4)cn2)cc1. The molecule has 1 aromatic heterocycles. The third kappa shape index (κ3) is 5.24. The highest BCUT2D eigenvalue weighted by Crippen LogP contribution is 2.51. The van der Waals surface area contributed by atoms with Gasteiger partial charge in [-0.05, 0) is 49.1 Å². The fraction of sp³-hybridized carbons (Fsp3) is 0.469. The molecule has 2 aromatic carbocycles. The predicted molar refractivity (Wildman–Crippen MR) is 157 cm³/mol. The highest BCUT2D eigenvalue weighted by molar-refractivity contribution is 5.75. The van der Waals surface area contributed by atoms with E-state index < -0.39 is 11.0 Å². The van der Waals surface area contributed by atoms with Gasteiger partial charge in [-0.25, -0.2) is 9.78 Å². The molecule has 0 radical (unpaired) electrons. The van der Waals surface area contributed by atoms with Gasteiger partial charge in [-0.15, -0.1) is 0 Å². The molecule has 9 heteroatoms. The first-order valence-electron chi connectivity index (χ1n) is 14.7. The number of likely N-dealkylation sites (tertiary alicyclic amines) is 1. The molecule has 0 unspecified atom stereocenters. The summed E-state index contributed by atoms with van der Waals surface area (Å²) >= 11 is 0. The van der Waals surface area contributed by atoms with E-state index in [-0.39, 0.29) is 24.2 Å². The van der Waals surface area contributed by atoms with E-state index in [1.54, 1.807) is 13.4 Å². The molecular formula is C32H39N5O4. The molecule has 1 aliphatic carbocycles. The van der Waals surface area contributed by atoms with E-state index in [9.17, 15) is 14.7 Å². The van der Waals surface area contributed by atoms with Gasteiger partial charge in [0.05, 0.1) is 37.3 Å². The standard InChI is InChI=1S/C32H39N5O4/c1-41-26-11-9-24(10-12-26)27-19-29(38)36(23-34-27)22-32(40)15-17-35(21-31(32)13-5-6-14-31)30(39)37-18-16-33-20-28(37)25-7-3-2-4-8-25/h2-4,7-12,19,23,28,33,40H,5-6,13-18,20-22H2,1H3/t28-,32+/m0/s1. The maximum Gasteiger partial charge on any atom is 0.320 e. The van der Waals surface area contributed by atoms with Gasteiger partial charge >= 0.3 is 6.03 Å². The van der Waals surface area contributed by atoms with Crippen molar-refractivity contribution in [3.63, 3.8) is 0 Å². The fourth-order valence-corrected chi connectivity index (χ4v) is 7.10. The summed E-state index contributed by atoms with van der Waals surface area (Å²) in [7, 11) is 1.61. The molecule has 3 aromatic rings. The lowest BCUT2D eigenvalue weighted by Gasteiger charge is -2.53. The number of methoxy groups -OCH3 is 1. The van der Waals surface area contributed by atoms with E-state index in [1.165, 1.54) is 10.6 Å². The van der Waals surface area contributed by atoms with Crippen LogP contribution in [-0.4, -0.2) is 75.9 Å². The number of hydrogen-bond donors (Lipinski definition) is 2. The van der Waals surface area contributed by atoms with E-state index >= 15 is 0 Å². The van der Waals surface area contributed by atoms with Crippen molar-refractivity contribution in [2.75, 3.05) is 39.8 Å². The molecule has 9 nitrogen and oxygen atoms in total. The van der Waals surface area contributed by atoms with Gasteiger partial charge in [0.1, 0.15) is 5.75 Å². The monoisotopic (exact) mass is 557 g/mol. The average molecular weight is 558 g/mol. The van der Waals surface area contributed by atoms with Crippen LogP contribution in [0.4, 0.5) is 4.79 Å². The Hall–Kier alpha value is -3.69. The van der Waals surface area contributed by atoms with Gasteiger partial charge < -0.3 is 25.0 Å². The molecule has 3 fully saturated rings. The van der Waals surface area contributed by atoms with Crippen molar-refractivity contribution in [1.82, 2.24) is 24.7 Å². The number of piperazine rings is 1. The Labute approximate surface area is 240 Å². The first-order chi connectivity index (χ1) is 19.9. The van der Waals surface area contributed by atoms with Crippen LogP contribution < -0.4 is 15.6 Å². The Balaban J connectivity index is 1.21. The summed E-state index contributed by atoms with van der Waals surface area (Å²) in [4.78, 5) is 35.7. The van der Waals surface area contributed by atoms with Crippen LogP contribution in [0.3, 0.4) is 0 Å². The number of urea groups is 1. The van der Waals surface area contributed by atoms with Gasteiger partial charge in [0, 0.05) is 49.8 Å². The van der Waals surface area contributed by atoms with Crippen LogP contribution in [0.1, 0.15) is 43.7 Å². The number of aromatic nitrogens is 2. The number of amides is 2. The average Bonchev–Trinajstić information content (AvgIpc) is 3.50. The molecule has 216 valence electrons. The number of nitrogens with one attached hydrogen (secondary N) is 1. The van der Waals surface area contributed by atoms with Gasteiger partial charge in [0.25, 0.3) is 5.56 Å². The first-order valence-corrected chi connectivity index (χ1v) is 14.7. The highest BCUT2D eigenvalue weighted by Gasteiger charge is 2.56. The van der Waals surface area contributed by atoms with E-state index in [1.807, 2.05) is 52.3 Å². The summed E-state index contributed by atoms with van der Waals surface area (Å²) in [6, 6.07) is 19.2. The van der Waals surface area contributed by atoms with E-state index in [4.69, 9.17) is 4.74 Å². The summed E-state index contributed by atoms with van der Waals surface area (Å²) in [5.41, 5.74) is 0.788. The second-order valence-corrected chi connectivity index (χ2v) is 11.8. The Kier molecular flexibility index (Phi) is 7.57. The quantitative estimate of drug-likeness (QED) is 0.497. The zero-order valence-electron chi connectivity index (χ0n) is 23.7. The lowest BCUT2D eigenvalue weighted by Crippen LogP contribution is -2.64. The van der Waals surface area contributed by atoms with Crippen molar-refractivity contribution in [3.8, 4) is 17.0 Å². The fourth-order valence-electron chi connectivity index (χ4n) is 7.10. The number of hydrogen-bond acceptors (Lipinski definition) is 6. The third-order valence-electron chi connectivity index (χ3n) is 9.48. The Morgan fingerprint density at radius 3 is 2.54 bits per heavy atom. The van der Waals surface area contributed by atoms with E-state index in [2.05, 4.69) is 22.4 Å². The molecule has 41 heavy (non-hydrogen) atoms. The summed E-state index contributed by atoms with van der Waals surface area (Å²) < 4.78 is 6.76. The lowest BCUT2D eigenvalue weighted by atomic mass is 9.66. The number of piperidine rings is 1. The lowest BCUT2D eigenvalue weighted by molar-refractivity contribution is -0.137. The molecular weight excluding hydrogens is 518 g/mol. The zero-order chi connectivity index (χ0) is 28.5. The maximum absolute atomic E-state index is 14.0. The maximum atomic E-state index is 14.0. The second kappa shape index (κ2) is 11.3. The topological polar surface area (TPSA) is 99.9 Å².